The molecule has 0 N–H and O–H groups in total. The van der Waals surface area contributed by atoms with E-state index < -0.39 is 0 Å². The van der Waals surface area contributed by atoms with Gasteiger partial charge in [0.1, 0.15) is 5.75 Å². The van der Waals surface area contributed by atoms with E-state index in [1.165, 1.54) is 16.7 Å². The Morgan fingerprint density at radius 2 is 2.38 bits per heavy atom. The summed E-state index contributed by atoms with van der Waals surface area (Å²) in [6.45, 7) is 6.58. The smallest absolute Gasteiger partial charge is 0.141 e. The zero-order valence-corrected chi connectivity index (χ0v) is 8.32. The lowest BCUT2D eigenvalue weighted by Gasteiger charge is -2.08. The van der Waals surface area contributed by atoms with Gasteiger partial charge in [0.25, 0.3) is 0 Å². The van der Waals surface area contributed by atoms with Crippen LogP contribution in [-0.2, 0) is 6.42 Å². The molecule has 0 aliphatic carbocycles. The van der Waals surface area contributed by atoms with Crippen LogP contribution in [0, 0.1) is 6.92 Å². The van der Waals surface area contributed by atoms with Crippen LogP contribution in [0.2, 0.25) is 5.02 Å². The second kappa shape index (κ2) is 3.08. The molecule has 0 aromatic heterocycles. The van der Waals surface area contributed by atoms with Gasteiger partial charge >= 0.3 is 0 Å². The van der Waals surface area contributed by atoms with Gasteiger partial charge in [-0.1, -0.05) is 24.3 Å². The van der Waals surface area contributed by atoms with Crippen LogP contribution < -0.4 is 4.74 Å². The third-order valence-electron chi connectivity index (χ3n) is 2.39. The Hall–Kier alpha value is -0.950. The molecule has 0 amide bonds. The van der Waals surface area contributed by atoms with E-state index in [2.05, 4.69) is 6.58 Å². The van der Waals surface area contributed by atoms with Crippen LogP contribution in [0.5, 0.6) is 5.75 Å². The van der Waals surface area contributed by atoms with E-state index in [0.717, 1.165) is 23.8 Å². The highest BCUT2D eigenvalue weighted by atomic mass is 35.5. The summed E-state index contributed by atoms with van der Waals surface area (Å²) in [4.78, 5) is 0. The number of rotatable bonds is 1. The van der Waals surface area contributed by atoms with Crippen molar-refractivity contribution in [2.45, 2.75) is 13.3 Å². The Morgan fingerprint density at radius 3 is 3.08 bits per heavy atom. The number of hydrogen-bond acceptors (Lipinski definition) is 1. The van der Waals surface area contributed by atoms with E-state index in [0.29, 0.717) is 0 Å². The SMILES string of the molecule is C=Cc1c(C)cc(Cl)c2c1CCO2. The van der Waals surface area contributed by atoms with Crippen molar-refractivity contribution in [3.63, 3.8) is 0 Å². The maximum atomic E-state index is 6.04. The highest BCUT2D eigenvalue weighted by Gasteiger charge is 2.19. The van der Waals surface area contributed by atoms with Crippen molar-refractivity contribution in [1.29, 1.82) is 0 Å². The average Bonchev–Trinajstić information content (AvgIpc) is 2.53. The molecule has 1 aromatic carbocycles. The first-order valence-corrected chi connectivity index (χ1v) is 4.69. The number of halogens is 1. The number of fused-ring (bicyclic) bond motifs is 1. The maximum Gasteiger partial charge on any atom is 0.141 e. The highest BCUT2D eigenvalue weighted by molar-refractivity contribution is 6.32. The van der Waals surface area contributed by atoms with Crippen molar-refractivity contribution >= 4 is 17.7 Å². The third-order valence-corrected chi connectivity index (χ3v) is 2.67. The van der Waals surface area contributed by atoms with E-state index in [9.17, 15) is 0 Å². The Balaban J connectivity index is 2.71. The van der Waals surface area contributed by atoms with Crippen molar-refractivity contribution in [2.24, 2.45) is 0 Å². The number of aryl methyl sites for hydroxylation is 1. The molecule has 0 spiro atoms. The van der Waals surface area contributed by atoms with Gasteiger partial charge in [0.15, 0.2) is 0 Å². The first-order chi connectivity index (χ1) is 6.24. The number of hydrogen-bond donors (Lipinski definition) is 0. The summed E-state index contributed by atoms with van der Waals surface area (Å²) >= 11 is 6.04. The molecule has 0 bridgehead atoms. The normalized spacial score (nSPS) is 13.7. The summed E-state index contributed by atoms with van der Waals surface area (Å²) in [5.41, 5.74) is 3.56. The number of benzene rings is 1. The minimum atomic E-state index is 0.718. The first-order valence-electron chi connectivity index (χ1n) is 4.31. The second-order valence-electron chi connectivity index (χ2n) is 3.20. The Labute approximate surface area is 83.0 Å². The lowest BCUT2D eigenvalue weighted by molar-refractivity contribution is 0.357. The van der Waals surface area contributed by atoms with Crippen molar-refractivity contribution in [2.75, 3.05) is 6.61 Å². The van der Waals surface area contributed by atoms with Crippen molar-refractivity contribution in [3.05, 3.63) is 34.4 Å². The molecule has 0 saturated carbocycles. The van der Waals surface area contributed by atoms with Gasteiger partial charge in [0.2, 0.25) is 0 Å². The highest BCUT2D eigenvalue weighted by Crippen LogP contribution is 2.37. The molecular formula is C11H11ClO. The van der Waals surface area contributed by atoms with Crippen LogP contribution in [0.4, 0.5) is 0 Å². The predicted octanol–water partition coefficient (Wildman–Crippen LogP) is 3.23. The summed E-state index contributed by atoms with van der Waals surface area (Å²) in [5, 5.41) is 0.718. The largest absolute Gasteiger partial charge is 0.491 e. The van der Waals surface area contributed by atoms with Gasteiger partial charge in [-0.3, -0.25) is 0 Å². The van der Waals surface area contributed by atoms with Crippen molar-refractivity contribution in [3.8, 4) is 5.75 Å². The molecule has 1 aliphatic heterocycles. The summed E-state index contributed by atoms with van der Waals surface area (Å²) < 4.78 is 5.45. The topological polar surface area (TPSA) is 9.23 Å². The first kappa shape index (κ1) is 8.64. The molecule has 0 unspecified atom stereocenters. The average molecular weight is 195 g/mol. The molecule has 0 radical (unpaired) electrons. The van der Waals surface area contributed by atoms with Gasteiger partial charge < -0.3 is 4.74 Å². The van der Waals surface area contributed by atoms with E-state index in [4.69, 9.17) is 16.3 Å². The van der Waals surface area contributed by atoms with E-state index in [1.807, 2.05) is 19.1 Å². The van der Waals surface area contributed by atoms with Crippen LogP contribution in [0.3, 0.4) is 0 Å². The van der Waals surface area contributed by atoms with Gasteiger partial charge in [-0.25, -0.2) is 0 Å². The van der Waals surface area contributed by atoms with Gasteiger partial charge in [0, 0.05) is 12.0 Å². The van der Waals surface area contributed by atoms with E-state index >= 15 is 0 Å². The van der Waals surface area contributed by atoms with Gasteiger partial charge in [-0.05, 0) is 24.1 Å². The number of ether oxygens (including phenoxy) is 1. The summed E-state index contributed by atoms with van der Waals surface area (Å²) in [5.74, 6) is 0.849. The molecule has 2 heteroatoms. The van der Waals surface area contributed by atoms with Crippen molar-refractivity contribution < 1.29 is 4.74 Å². The fourth-order valence-electron chi connectivity index (χ4n) is 1.78. The van der Waals surface area contributed by atoms with Gasteiger partial charge in [0.05, 0.1) is 11.6 Å². The second-order valence-corrected chi connectivity index (χ2v) is 3.61. The maximum absolute atomic E-state index is 6.04. The van der Waals surface area contributed by atoms with E-state index in [-0.39, 0.29) is 0 Å². The fraction of sp³-hybridized carbons (Fsp3) is 0.273. The Morgan fingerprint density at radius 1 is 1.62 bits per heavy atom. The minimum absolute atomic E-state index is 0.718. The van der Waals surface area contributed by atoms with Crippen LogP contribution >= 0.6 is 11.6 Å². The molecule has 1 heterocycles. The lowest BCUT2D eigenvalue weighted by atomic mass is 10.00. The van der Waals surface area contributed by atoms with Crippen LogP contribution in [0.1, 0.15) is 16.7 Å². The molecule has 0 saturated heterocycles. The molecule has 1 aromatic rings. The predicted molar refractivity (Wildman–Crippen MR) is 55.5 cm³/mol. The molecule has 68 valence electrons. The standard InChI is InChI=1S/C11H11ClO/c1-3-8-7(2)6-10(12)11-9(8)4-5-13-11/h3,6H,1,4-5H2,2H3. The molecule has 0 atom stereocenters. The Bertz CT molecular complexity index is 369. The summed E-state index contributed by atoms with van der Waals surface area (Å²) in [6, 6.07) is 1.93. The van der Waals surface area contributed by atoms with Crippen LogP contribution in [0.25, 0.3) is 6.08 Å². The zero-order valence-electron chi connectivity index (χ0n) is 7.56. The molecule has 1 nitrogen and oxygen atoms in total. The molecule has 2 rings (SSSR count). The van der Waals surface area contributed by atoms with Crippen molar-refractivity contribution in [1.82, 2.24) is 0 Å². The molecule has 1 aliphatic rings. The molecule has 13 heavy (non-hydrogen) atoms. The van der Waals surface area contributed by atoms with E-state index in [1.54, 1.807) is 0 Å². The fourth-order valence-corrected chi connectivity index (χ4v) is 2.11. The van der Waals surface area contributed by atoms with Gasteiger partial charge in [-0.15, -0.1) is 0 Å². The van der Waals surface area contributed by atoms with Crippen LogP contribution in [0.15, 0.2) is 12.6 Å². The lowest BCUT2D eigenvalue weighted by Crippen LogP contribution is -1.88. The quantitative estimate of drug-likeness (QED) is 0.667. The van der Waals surface area contributed by atoms with Gasteiger partial charge in [-0.2, -0.15) is 0 Å². The third kappa shape index (κ3) is 1.24. The summed E-state index contributed by atoms with van der Waals surface area (Å²) in [7, 11) is 0. The zero-order chi connectivity index (χ0) is 9.42. The summed E-state index contributed by atoms with van der Waals surface area (Å²) in [6.07, 6.45) is 2.82. The minimum Gasteiger partial charge on any atom is -0.491 e. The molecule has 0 fully saturated rings. The Kier molecular flexibility index (Phi) is 2.04. The molecular weight excluding hydrogens is 184 g/mol. The van der Waals surface area contributed by atoms with Crippen LogP contribution in [-0.4, -0.2) is 6.61 Å². The monoisotopic (exact) mass is 194 g/mol.